The molecule has 7 heavy (non-hydrogen) atoms. The summed E-state index contributed by atoms with van der Waals surface area (Å²) in [6, 6.07) is 0. The molecule has 0 saturated heterocycles. The molecule has 44 valence electrons. The first kappa shape index (κ1) is 6.88. The van der Waals surface area contributed by atoms with E-state index in [4.69, 9.17) is 15.9 Å². The number of aliphatic hydroxyl groups excluding tert-OH is 1. The van der Waals surface area contributed by atoms with Gasteiger partial charge in [0.05, 0.1) is 12.2 Å². The van der Waals surface area contributed by atoms with Crippen LogP contribution in [-0.4, -0.2) is 29.0 Å². The van der Waals surface area contributed by atoms with Gasteiger partial charge in [0.2, 0.25) is 0 Å². The molecule has 0 aromatic rings. The predicted molar refractivity (Wildman–Crippen MR) is 26.8 cm³/mol. The fourth-order valence-corrected chi connectivity index (χ4v) is 0.0645. The maximum Gasteiger partial charge on any atom is 0.0970 e. The van der Waals surface area contributed by atoms with E-state index in [1.165, 1.54) is 6.92 Å². The van der Waals surface area contributed by atoms with E-state index < -0.39 is 5.60 Å². The molecule has 0 bridgehead atoms. The Morgan fingerprint density at radius 1 is 1.71 bits per heavy atom. The lowest BCUT2D eigenvalue weighted by molar-refractivity contribution is 0.00972. The second kappa shape index (κ2) is 2.26. The lowest BCUT2D eigenvalue weighted by Crippen LogP contribution is -2.37. The highest BCUT2D eigenvalue weighted by molar-refractivity contribution is 4.70. The van der Waals surface area contributed by atoms with Crippen molar-refractivity contribution in [3.05, 3.63) is 0 Å². The quantitative estimate of drug-likeness (QED) is 0.408. The highest BCUT2D eigenvalue weighted by Crippen LogP contribution is 1.94. The molecule has 0 saturated carbocycles. The summed E-state index contributed by atoms with van der Waals surface area (Å²) < 4.78 is 0. The van der Waals surface area contributed by atoms with Crippen LogP contribution in [0.5, 0.6) is 0 Å². The number of hydrogen-bond acceptors (Lipinski definition) is 3. The van der Waals surface area contributed by atoms with Crippen molar-refractivity contribution in [3.8, 4) is 0 Å². The SMILES string of the molecule is C[C@@](O)(CN)CO. The molecule has 0 unspecified atom stereocenters. The van der Waals surface area contributed by atoms with Crippen LogP contribution in [0.25, 0.3) is 0 Å². The molecule has 4 N–H and O–H groups in total. The molecule has 0 aromatic carbocycles. The minimum Gasteiger partial charge on any atom is -0.393 e. The fraction of sp³-hybridized carbons (Fsp3) is 1.00. The van der Waals surface area contributed by atoms with E-state index >= 15 is 0 Å². The summed E-state index contributed by atoms with van der Waals surface area (Å²) in [6.45, 7) is 1.31. The number of nitrogens with two attached hydrogens (primary N) is 1. The van der Waals surface area contributed by atoms with Gasteiger partial charge in [0.1, 0.15) is 0 Å². The molecule has 1 atom stereocenters. The van der Waals surface area contributed by atoms with Gasteiger partial charge in [-0.2, -0.15) is 0 Å². The van der Waals surface area contributed by atoms with Gasteiger partial charge in [-0.3, -0.25) is 0 Å². The molecule has 0 rings (SSSR count). The second-order valence-corrected chi connectivity index (χ2v) is 1.86. The lowest BCUT2D eigenvalue weighted by Gasteiger charge is -2.15. The number of hydrogen-bond donors (Lipinski definition) is 3. The van der Waals surface area contributed by atoms with Crippen LogP contribution in [0.3, 0.4) is 0 Å². The average molecular weight is 105 g/mol. The Bertz CT molecular complexity index is 47.7. The van der Waals surface area contributed by atoms with E-state index in [1.54, 1.807) is 0 Å². The summed E-state index contributed by atoms with van der Waals surface area (Å²) in [5, 5.41) is 17.0. The molecule has 0 aliphatic rings. The van der Waals surface area contributed by atoms with Gasteiger partial charge in [-0.25, -0.2) is 0 Å². The Morgan fingerprint density at radius 3 is 2.14 bits per heavy atom. The van der Waals surface area contributed by atoms with Crippen LogP contribution in [0.1, 0.15) is 6.92 Å². The van der Waals surface area contributed by atoms with Gasteiger partial charge in [-0.05, 0) is 6.92 Å². The zero-order valence-electron chi connectivity index (χ0n) is 4.39. The molecule has 0 amide bonds. The molecule has 0 aromatic heterocycles. The minimum absolute atomic E-state index is 0.101. The average Bonchev–Trinajstić information content (AvgIpc) is 1.68. The zero-order chi connectivity index (χ0) is 5.91. The minimum atomic E-state index is -1.08. The highest BCUT2D eigenvalue weighted by Gasteiger charge is 2.14. The van der Waals surface area contributed by atoms with E-state index in [0.29, 0.717) is 0 Å². The summed E-state index contributed by atoms with van der Waals surface area (Å²) >= 11 is 0. The molecule has 0 spiro atoms. The van der Waals surface area contributed by atoms with Crippen LogP contribution in [0.2, 0.25) is 0 Å². The molecular weight excluding hydrogens is 94.0 g/mol. The van der Waals surface area contributed by atoms with Crippen molar-refractivity contribution in [2.45, 2.75) is 12.5 Å². The second-order valence-electron chi connectivity index (χ2n) is 1.86. The topological polar surface area (TPSA) is 66.5 Å². The summed E-state index contributed by atoms with van der Waals surface area (Å²) in [5.74, 6) is 0. The maximum atomic E-state index is 8.76. The Hall–Kier alpha value is -0.120. The normalized spacial score (nSPS) is 18.9. The van der Waals surface area contributed by atoms with Crippen molar-refractivity contribution < 1.29 is 10.2 Å². The Morgan fingerprint density at radius 2 is 2.14 bits per heavy atom. The Labute approximate surface area is 42.8 Å². The first-order valence-corrected chi connectivity index (χ1v) is 2.16. The van der Waals surface area contributed by atoms with Crippen molar-refractivity contribution in [2.75, 3.05) is 13.2 Å². The van der Waals surface area contributed by atoms with E-state index in [1.807, 2.05) is 0 Å². The maximum absolute atomic E-state index is 8.76. The molecule has 0 radical (unpaired) electrons. The summed E-state index contributed by atoms with van der Waals surface area (Å²) in [7, 11) is 0. The molecule has 0 heterocycles. The van der Waals surface area contributed by atoms with Crippen LogP contribution < -0.4 is 5.73 Å². The molecule has 3 heteroatoms. The van der Waals surface area contributed by atoms with Crippen LogP contribution in [0.15, 0.2) is 0 Å². The van der Waals surface area contributed by atoms with Gasteiger partial charge < -0.3 is 15.9 Å². The van der Waals surface area contributed by atoms with Gasteiger partial charge in [-0.15, -0.1) is 0 Å². The van der Waals surface area contributed by atoms with Gasteiger partial charge in [0.15, 0.2) is 0 Å². The zero-order valence-corrected chi connectivity index (χ0v) is 4.39. The Balaban J connectivity index is 3.36. The molecule has 3 nitrogen and oxygen atoms in total. The molecular formula is C4H11NO2. The summed E-state index contributed by atoms with van der Waals surface area (Å²) in [6.07, 6.45) is 0. The smallest absolute Gasteiger partial charge is 0.0970 e. The molecule has 0 fully saturated rings. The van der Waals surface area contributed by atoms with Crippen molar-refractivity contribution in [1.29, 1.82) is 0 Å². The summed E-state index contributed by atoms with van der Waals surface area (Å²) in [5.41, 5.74) is 3.92. The van der Waals surface area contributed by atoms with Crippen molar-refractivity contribution in [3.63, 3.8) is 0 Å². The monoisotopic (exact) mass is 105 g/mol. The Kier molecular flexibility index (Phi) is 2.22. The van der Waals surface area contributed by atoms with E-state index in [2.05, 4.69) is 0 Å². The van der Waals surface area contributed by atoms with Crippen LogP contribution in [0, 0.1) is 0 Å². The fourth-order valence-electron chi connectivity index (χ4n) is 0.0645. The van der Waals surface area contributed by atoms with Crippen LogP contribution in [-0.2, 0) is 0 Å². The van der Waals surface area contributed by atoms with Gasteiger partial charge in [0.25, 0.3) is 0 Å². The van der Waals surface area contributed by atoms with E-state index in [9.17, 15) is 0 Å². The molecule has 0 aliphatic carbocycles. The summed E-state index contributed by atoms with van der Waals surface area (Å²) in [4.78, 5) is 0. The van der Waals surface area contributed by atoms with E-state index in [0.717, 1.165) is 0 Å². The van der Waals surface area contributed by atoms with Crippen LogP contribution in [0.4, 0.5) is 0 Å². The largest absolute Gasteiger partial charge is 0.393 e. The standard InChI is InChI=1S/C4H11NO2/c1-4(7,2-5)3-6/h6-7H,2-3,5H2,1H3/t4-/m1/s1. The highest BCUT2D eigenvalue weighted by atomic mass is 16.3. The van der Waals surface area contributed by atoms with Gasteiger partial charge >= 0.3 is 0 Å². The van der Waals surface area contributed by atoms with Crippen molar-refractivity contribution in [1.82, 2.24) is 0 Å². The predicted octanol–water partition coefficient (Wildman–Crippen LogP) is -1.31. The number of rotatable bonds is 2. The van der Waals surface area contributed by atoms with E-state index in [-0.39, 0.29) is 13.2 Å². The third-order valence-electron chi connectivity index (χ3n) is 0.780. The third-order valence-corrected chi connectivity index (χ3v) is 0.780. The third kappa shape index (κ3) is 2.56. The van der Waals surface area contributed by atoms with Gasteiger partial charge in [0, 0.05) is 6.54 Å². The van der Waals surface area contributed by atoms with Crippen molar-refractivity contribution >= 4 is 0 Å². The lowest BCUT2D eigenvalue weighted by atomic mass is 10.1. The first-order chi connectivity index (χ1) is 3.12. The van der Waals surface area contributed by atoms with Crippen molar-refractivity contribution in [2.24, 2.45) is 5.73 Å². The number of aliphatic hydroxyl groups is 2. The first-order valence-electron chi connectivity index (χ1n) is 2.16. The van der Waals surface area contributed by atoms with Gasteiger partial charge in [-0.1, -0.05) is 0 Å². The molecule has 0 aliphatic heterocycles. The van der Waals surface area contributed by atoms with Crippen LogP contribution >= 0.6 is 0 Å².